The Morgan fingerprint density at radius 2 is 2.40 bits per heavy atom. The molecule has 0 aromatic heterocycles. The van der Waals surface area contributed by atoms with Crippen LogP contribution in [0.1, 0.15) is 0 Å². The number of hydrogen-bond acceptors (Lipinski definition) is 3. The summed E-state index contributed by atoms with van der Waals surface area (Å²) in [5, 5.41) is 1.79. The van der Waals surface area contributed by atoms with Crippen LogP contribution in [0.15, 0.2) is 29.4 Å². The lowest BCUT2D eigenvalue weighted by Crippen LogP contribution is -2.30. The van der Waals surface area contributed by atoms with Crippen LogP contribution in [-0.2, 0) is 0 Å². The Balaban J connectivity index is 2.30. The molecule has 0 atom stereocenters. The first-order valence-electron chi connectivity index (χ1n) is 3.00. The van der Waals surface area contributed by atoms with Crippen LogP contribution in [0.4, 0.5) is 0 Å². The molecule has 0 saturated carbocycles. The van der Waals surface area contributed by atoms with Crippen LogP contribution in [0.5, 0.6) is 0 Å². The minimum atomic E-state index is 0.533. The summed E-state index contributed by atoms with van der Waals surface area (Å²) in [6, 6.07) is 0. The zero-order valence-electron chi connectivity index (χ0n) is 5.24. The average Bonchev–Trinajstić information content (AvgIpc) is 2.34. The summed E-state index contributed by atoms with van der Waals surface area (Å²) in [4.78, 5) is 4.14. The third kappa shape index (κ3) is 0.751. The lowest BCUT2D eigenvalue weighted by atomic mass is 10.4. The zero-order chi connectivity index (χ0) is 6.97. The highest BCUT2D eigenvalue weighted by atomic mass is 35.5. The van der Waals surface area contributed by atoms with Crippen molar-refractivity contribution in [2.75, 3.05) is 6.67 Å². The maximum atomic E-state index is 5.75. The van der Waals surface area contributed by atoms with Gasteiger partial charge in [0.25, 0.3) is 0 Å². The SMILES string of the molecule is ClN1CN=C2C=CC=CN21. The van der Waals surface area contributed by atoms with Crippen molar-refractivity contribution in [3.63, 3.8) is 0 Å². The van der Waals surface area contributed by atoms with E-state index in [2.05, 4.69) is 4.99 Å². The maximum absolute atomic E-state index is 5.75. The van der Waals surface area contributed by atoms with E-state index in [9.17, 15) is 0 Å². The van der Waals surface area contributed by atoms with Gasteiger partial charge in [-0.25, -0.2) is 10.0 Å². The number of halogens is 1. The maximum Gasteiger partial charge on any atom is 0.144 e. The molecule has 0 N–H and O–H groups in total. The molecule has 0 amide bonds. The summed E-state index contributed by atoms with van der Waals surface area (Å²) in [5.41, 5.74) is 0. The number of allylic oxidation sites excluding steroid dienone is 2. The van der Waals surface area contributed by atoms with E-state index in [4.69, 9.17) is 11.8 Å². The van der Waals surface area contributed by atoms with Crippen molar-refractivity contribution in [1.82, 2.24) is 9.54 Å². The molecular weight excluding hydrogens is 150 g/mol. The summed E-state index contributed by atoms with van der Waals surface area (Å²) >= 11 is 5.75. The largest absolute Gasteiger partial charge is 0.249 e. The molecule has 10 heavy (non-hydrogen) atoms. The molecule has 2 rings (SSSR count). The van der Waals surface area contributed by atoms with Crippen LogP contribution in [-0.4, -0.2) is 22.0 Å². The molecule has 0 aromatic rings. The molecule has 0 unspecified atom stereocenters. The van der Waals surface area contributed by atoms with Crippen LogP contribution >= 0.6 is 11.8 Å². The molecule has 0 aliphatic carbocycles. The van der Waals surface area contributed by atoms with Gasteiger partial charge in [0.15, 0.2) is 0 Å². The van der Waals surface area contributed by atoms with E-state index in [1.54, 1.807) is 5.01 Å². The van der Waals surface area contributed by atoms with Gasteiger partial charge in [0.05, 0.1) is 0 Å². The molecule has 0 saturated heterocycles. The molecular formula is C6H6ClN3. The summed E-state index contributed by atoms with van der Waals surface area (Å²) in [5.74, 6) is 0.900. The molecule has 0 spiro atoms. The highest BCUT2D eigenvalue weighted by molar-refractivity contribution is 6.15. The van der Waals surface area contributed by atoms with Gasteiger partial charge in [-0.2, -0.15) is 0 Å². The minimum absolute atomic E-state index is 0.533. The number of hydrogen-bond donors (Lipinski definition) is 0. The first-order chi connectivity index (χ1) is 4.88. The van der Waals surface area contributed by atoms with Gasteiger partial charge in [0.2, 0.25) is 0 Å². The highest BCUT2D eigenvalue weighted by Crippen LogP contribution is 2.15. The summed E-state index contributed by atoms with van der Waals surface area (Å²) in [6.07, 6.45) is 7.65. The summed E-state index contributed by atoms with van der Waals surface area (Å²) in [7, 11) is 0. The quantitative estimate of drug-likeness (QED) is 0.488. The first kappa shape index (κ1) is 5.95. The van der Waals surface area contributed by atoms with Crippen molar-refractivity contribution in [2.24, 2.45) is 4.99 Å². The Morgan fingerprint density at radius 1 is 1.50 bits per heavy atom. The molecule has 0 fully saturated rings. The number of amidine groups is 1. The normalized spacial score (nSPS) is 23.3. The van der Waals surface area contributed by atoms with Gasteiger partial charge in [-0.15, -0.1) is 4.53 Å². The van der Waals surface area contributed by atoms with E-state index >= 15 is 0 Å². The van der Waals surface area contributed by atoms with Crippen LogP contribution in [0.25, 0.3) is 0 Å². The molecule has 0 bridgehead atoms. The number of aliphatic imine (C=N–C) groups is 1. The number of fused-ring (bicyclic) bond motifs is 1. The second-order valence-corrected chi connectivity index (χ2v) is 2.43. The number of nitrogens with zero attached hydrogens (tertiary/aromatic N) is 3. The smallest absolute Gasteiger partial charge is 0.144 e. The van der Waals surface area contributed by atoms with Gasteiger partial charge >= 0.3 is 0 Å². The fourth-order valence-corrected chi connectivity index (χ4v) is 1.11. The third-order valence-electron chi connectivity index (χ3n) is 1.40. The van der Waals surface area contributed by atoms with Crippen molar-refractivity contribution in [1.29, 1.82) is 0 Å². The summed E-state index contributed by atoms with van der Waals surface area (Å²) < 4.78 is 1.52. The van der Waals surface area contributed by atoms with E-state index < -0.39 is 0 Å². The standard InChI is InChI=1S/C6H6ClN3/c7-10-5-8-6-3-1-2-4-9(6)10/h1-4H,5H2. The van der Waals surface area contributed by atoms with Gasteiger partial charge in [-0.1, -0.05) is 6.08 Å². The Kier molecular flexibility index (Phi) is 1.25. The fourth-order valence-electron chi connectivity index (χ4n) is 0.933. The Hall–Kier alpha value is -0.800. The van der Waals surface area contributed by atoms with Crippen molar-refractivity contribution < 1.29 is 0 Å². The fraction of sp³-hybridized carbons (Fsp3) is 0.167. The Bertz CT molecular complexity index is 231. The van der Waals surface area contributed by atoms with Crippen LogP contribution < -0.4 is 0 Å². The molecule has 2 aliphatic rings. The summed E-state index contributed by atoms with van der Waals surface area (Å²) in [6.45, 7) is 0.533. The zero-order valence-corrected chi connectivity index (χ0v) is 5.99. The van der Waals surface area contributed by atoms with Crippen molar-refractivity contribution in [3.05, 3.63) is 24.4 Å². The van der Waals surface area contributed by atoms with Crippen LogP contribution in [0.3, 0.4) is 0 Å². The molecule has 52 valence electrons. The van der Waals surface area contributed by atoms with E-state index in [0.29, 0.717) is 6.67 Å². The number of rotatable bonds is 0. The number of hydrazine groups is 1. The topological polar surface area (TPSA) is 18.8 Å². The predicted molar refractivity (Wildman–Crippen MR) is 40.1 cm³/mol. The van der Waals surface area contributed by atoms with Crippen LogP contribution in [0.2, 0.25) is 0 Å². The van der Waals surface area contributed by atoms with E-state index in [0.717, 1.165) is 5.84 Å². The van der Waals surface area contributed by atoms with Gasteiger partial charge in [0, 0.05) is 18.0 Å². The lowest BCUT2D eigenvalue weighted by molar-refractivity contribution is 0.256. The van der Waals surface area contributed by atoms with Gasteiger partial charge in [-0.05, 0) is 12.2 Å². The van der Waals surface area contributed by atoms with E-state index in [-0.39, 0.29) is 0 Å². The van der Waals surface area contributed by atoms with Crippen molar-refractivity contribution >= 4 is 17.6 Å². The van der Waals surface area contributed by atoms with Crippen molar-refractivity contribution in [2.45, 2.75) is 0 Å². The molecule has 0 aromatic carbocycles. The van der Waals surface area contributed by atoms with E-state index in [1.807, 2.05) is 24.4 Å². The monoisotopic (exact) mass is 155 g/mol. The van der Waals surface area contributed by atoms with Gasteiger partial charge in [0.1, 0.15) is 12.5 Å². The van der Waals surface area contributed by atoms with Gasteiger partial charge < -0.3 is 0 Å². The van der Waals surface area contributed by atoms with Crippen molar-refractivity contribution in [3.8, 4) is 0 Å². The predicted octanol–water partition coefficient (Wildman–Crippen LogP) is 1.11. The minimum Gasteiger partial charge on any atom is -0.249 e. The van der Waals surface area contributed by atoms with E-state index in [1.165, 1.54) is 4.53 Å². The molecule has 3 nitrogen and oxygen atoms in total. The molecule has 0 radical (unpaired) electrons. The molecule has 2 heterocycles. The second-order valence-electron chi connectivity index (χ2n) is 2.04. The molecule has 4 heteroatoms. The highest BCUT2D eigenvalue weighted by Gasteiger charge is 2.20. The molecule has 2 aliphatic heterocycles. The third-order valence-corrected chi connectivity index (χ3v) is 1.67. The van der Waals surface area contributed by atoms with Crippen LogP contribution in [0, 0.1) is 0 Å². The lowest BCUT2D eigenvalue weighted by Gasteiger charge is -2.20. The Labute approximate surface area is 64.0 Å². The first-order valence-corrected chi connectivity index (χ1v) is 3.33. The Morgan fingerprint density at radius 3 is 3.20 bits per heavy atom. The average molecular weight is 156 g/mol. The second kappa shape index (κ2) is 2.11. The van der Waals surface area contributed by atoms with Gasteiger partial charge in [-0.3, -0.25) is 0 Å².